The molecule has 1 saturated heterocycles. The third kappa shape index (κ3) is 3.47. The summed E-state index contributed by atoms with van der Waals surface area (Å²) < 4.78 is 42.1. The first kappa shape index (κ1) is 18.5. The number of rotatable bonds is 5. The molecule has 0 aliphatic carbocycles. The highest BCUT2D eigenvalue weighted by atomic mass is 32.2. The van der Waals surface area contributed by atoms with Gasteiger partial charge >= 0.3 is 0 Å². The van der Waals surface area contributed by atoms with Crippen molar-refractivity contribution in [2.75, 3.05) is 6.54 Å². The van der Waals surface area contributed by atoms with Crippen LogP contribution in [0.3, 0.4) is 0 Å². The van der Waals surface area contributed by atoms with Crippen LogP contribution < -0.4 is 0 Å². The molecule has 0 unspecified atom stereocenters. The van der Waals surface area contributed by atoms with Crippen molar-refractivity contribution in [2.24, 2.45) is 0 Å². The number of sulfonamides is 1. The Morgan fingerprint density at radius 3 is 2.58 bits per heavy atom. The van der Waals surface area contributed by atoms with E-state index in [9.17, 15) is 18.5 Å². The number of hydrogen-bond donors (Lipinski definition) is 0. The molecular formula is C18H19FN2O4S. The van der Waals surface area contributed by atoms with E-state index in [-0.39, 0.29) is 22.7 Å². The molecule has 0 saturated carbocycles. The van der Waals surface area contributed by atoms with E-state index in [0.29, 0.717) is 12.8 Å². The molecule has 2 atom stereocenters. The second-order valence-corrected chi connectivity index (χ2v) is 8.28. The monoisotopic (exact) mass is 378 g/mol. The molecule has 0 aromatic heterocycles. The average Bonchev–Trinajstić information content (AvgIpc) is 3.12. The van der Waals surface area contributed by atoms with Crippen LogP contribution in [-0.2, 0) is 10.0 Å². The molecule has 8 heteroatoms. The SMILES string of the molecule is Cc1ccc(S(=O)(=O)N2CCC[C@H]2[C@H](F)c2cccc([N+](=O)[O-])c2)cc1. The highest BCUT2D eigenvalue weighted by Gasteiger charge is 2.40. The zero-order valence-corrected chi connectivity index (χ0v) is 15.0. The van der Waals surface area contributed by atoms with Crippen LogP contribution in [0.15, 0.2) is 53.4 Å². The van der Waals surface area contributed by atoms with Crippen molar-refractivity contribution in [1.82, 2.24) is 4.31 Å². The Kier molecular flexibility index (Phi) is 5.06. The lowest BCUT2D eigenvalue weighted by Gasteiger charge is -2.27. The van der Waals surface area contributed by atoms with Crippen LogP contribution in [0.4, 0.5) is 10.1 Å². The highest BCUT2D eigenvalue weighted by molar-refractivity contribution is 7.89. The number of aryl methyl sites for hydroxylation is 1. The molecule has 26 heavy (non-hydrogen) atoms. The van der Waals surface area contributed by atoms with Gasteiger partial charge in [0.25, 0.3) is 5.69 Å². The van der Waals surface area contributed by atoms with Crippen molar-refractivity contribution in [3.8, 4) is 0 Å². The van der Waals surface area contributed by atoms with Crippen LogP contribution in [0.5, 0.6) is 0 Å². The Balaban J connectivity index is 1.91. The summed E-state index contributed by atoms with van der Waals surface area (Å²) in [6, 6.07) is 10.9. The van der Waals surface area contributed by atoms with Gasteiger partial charge in [-0.2, -0.15) is 4.31 Å². The second-order valence-electron chi connectivity index (χ2n) is 6.39. The van der Waals surface area contributed by atoms with Gasteiger partial charge < -0.3 is 0 Å². The number of nitro benzene ring substituents is 1. The molecular weight excluding hydrogens is 359 g/mol. The Morgan fingerprint density at radius 2 is 1.92 bits per heavy atom. The molecule has 2 aromatic carbocycles. The number of alkyl halides is 1. The number of nitrogens with zero attached hydrogens (tertiary/aromatic N) is 2. The van der Waals surface area contributed by atoms with Crippen molar-refractivity contribution < 1.29 is 17.7 Å². The lowest BCUT2D eigenvalue weighted by molar-refractivity contribution is -0.385. The number of nitro groups is 1. The Morgan fingerprint density at radius 1 is 1.23 bits per heavy atom. The minimum absolute atomic E-state index is 0.121. The van der Waals surface area contributed by atoms with Gasteiger partial charge in [0.2, 0.25) is 10.0 Å². The smallest absolute Gasteiger partial charge is 0.258 e. The van der Waals surface area contributed by atoms with Gasteiger partial charge in [-0.25, -0.2) is 12.8 Å². The van der Waals surface area contributed by atoms with Crippen LogP contribution >= 0.6 is 0 Å². The summed E-state index contributed by atoms with van der Waals surface area (Å²) in [6.45, 7) is 2.09. The van der Waals surface area contributed by atoms with Crippen LogP contribution in [0.25, 0.3) is 0 Å². The predicted octanol–water partition coefficient (Wildman–Crippen LogP) is 3.77. The topological polar surface area (TPSA) is 80.5 Å². The highest BCUT2D eigenvalue weighted by Crippen LogP contribution is 2.36. The summed E-state index contributed by atoms with van der Waals surface area (Å²) >= 11 is 0. The van der Waals surface area contributed by atoms with Crippen molar-refractivity contribution in [1.29, 1.82) is 0 Å². The molecule has 1 aliphatic rings. The number of halogens is 1. The number of non-ortho nitro benzene ring substituents is 1. The van der Waals surface area contributed by atoms with Crippen molar-refractivity contribution in [2.45, 2.75) is 36.9 Å². The average molecular weight is 378 g/mol. The summed E-state index contributed by atoms with van der Waals surface area (Å²) in [5.74, 6) is 0. The van der Waals surface area contributed by atoms with Gasteiger partial charge in [0.1, 0.15) is 6.17 Å². The minimum Gasteiger partial charge on any atom is -0.258 e. The fraction of sp³-hybridized carbons (Fsp3) is 0.333. The molecule has 6 nitrogen and oxygen atoms in total. The maximum Gasteiger partial charge on any atom is 0.269 e. The molecule has 1 heterocycles. The first-order chi connectivity index (χ1) is 12.3. The van der Waals surface area contributed by atoms with Gasteiger partial charge in [-0.15, -0.1) is 0 Å². The summed E-state index contributed by atoms with van der Waals surface area (Å²) in [6.07, 6.45) is -0.710. The van der Waals surface area contributed by atoms with Gasteiger partial charge in [-0.05, 0) is 37.5 Å². The molecule has 0 N–H and O–H groups in total. The van der Waals surface area contributed by atoms with Crippen molar-refractivity contribution in [3.63, 3.8) is 0 Å². The summed E-state index contributed by atoms with van der Waals surface area (Å²) in [5.41, 5.74) is 0.841. The molecule has 3 rings (SSSR count). The van der Waals surface area contributed by atoms with E-state index in [2.05, 4.69) is 0 Å². The first-order valence-electron chi connectivity index (χ1n) is 8.27. The van der Waals surface area contributed by atoms with Gasteiger partial charge in [0.05, 0.1) is 15.9 Å². The van der Waals surface area contributed by atoms with E-state index in [1.807, 2.05) is 6.92 Å². The van der Waals surface area contributed by atoms with Crippen molar-refractivity contribution >= 4 is 15.7 Å². The maximum absolute atomic E-state index is 15.1. The van der Waals surface area contributed by atoms with Crippen LogP contribution in [0, 0.1) is 17.0 Å². The quantitative estimate of drug-likeness (QED) is 0.586. The molecule has 0 spiro atoms. The van der Waals surface area contributed by atoms with Crippen LogP contribution in [0.2, 0.25) is 0 Å². The largest absolute Gasteiger partial charge is 0.269 e. The molecule has 2 aromatic rings. The molecule has 1 aliphatic heterocycles. The van der Waals surface area contributed by atoms with E-state index < -0.39 is 27.2 Å². The maximum atomic E-state index is 15.1. The van der Waals surface area contributed by atoms with E-state index in [0.717, 1.165) is 5.56 Å². The summed E-state index contributed by atoms with van der Waals surface area (Å²) in [4.78, 5) is 10.4. The fourth-order valence-electron chi connectivity index (χ4n) is 3.23. The van der Waals surface area contributed by atoms with Gasteiger partial charge in [0.15, 0.2) is 0 Å². The molecule has 0 bridgehead atoms. The standard InChI is InChI=1S/C18H19FN2O4S/c1-13-7-9-16(10-8-13)26(24,25)20-11-3-6-17(20)18(19)14-4-2-5-15(12-14)21(22)23/h2,4-5,7-10,12,17-18H,3,6,11H2,1H3/t17-,18+/m0/s1. The molecule has 0 radical (unpaired) electrons. The molecule has 1 fully saturated rings. The number of hydrogen-bond acceptors (Lipinski definition) is 4. The number of benzene rings is 2. The van der Waals surface area contributed by atoms with Crippen LogP contribution in [-0.4, -0.2) is 30.2 Å². The van der Waals surface area contributed by atoms with E-state index >= 15 is 4.39 Å². The minimum atomic E-state index is -3.82. The molecule has 138 valence electrons. The van der Waals surface area contributed by atoms with Crippen molar-refractivity contribution in [3.05, 3.63) is 69.8 Å². The van der Waals surface area contributed by atoms with Crippen LogP contribution in [0.1, 0.15) is 30.1 Å². The lowest BCUT2D eigenvalue weighted by atomic mass is 10.0. The van der Waals surface area contributed by atoms with E-state index in [1.54, 1.807) is 12.1 Å². The third-order valence-electron chi connectivity index (χ3n) is 4.61. The predicted molar refractivity (Wildman–Crippen MR) is 95.0 cm³/mol. The van der Waals surface area contributed by atoms with E-state index in [1.165, 1.54) is 40.7 Å². The summed E-state index contributed by atoms with van der Waals surface area (Å²) in [5, 5.41) is 10.9. The zero-order valence-electron chi connectivity index (χ0n) is 14.2. The second kappa shape index (κ2) is 7.13. The first-order valence-corrected chi connectivity index (χ1v) is 9.71. The zero-order chi connectivity index (χ0) is 18.9. The Labute approximate surface area is 151 Å². The normalized spacial score (nSPS) is 19.4. The Hall–Kier alpha value is -2.32. The van der Waals surface area contributed by atoms with Gasteiger partial charge in [-0.3, -0.25) is 10.1 Å². The van der Waals surface area contributed by atoms with E-state index in [4.69, 9.17) is 0 Å². The summed E-state index contributed by atoms with van der Waals surface area (Å²) in [7, 11) is -3.82. The van der Waals surface area contributed by atoms with Gasteiger partial charge in [0, 0.05) is 18.7 Å². The fourth-order valence-corrected chi connectivity index (χ4v) is 4.92. The Bertz CT molecular complexity index is 915. The van der Waals surface area contributed by atoms with Gasteiger partial charge in [-0.1, -0.05) is 29.8 Å². The third-order valence-corrected chi connectivity index (χ3v) is 6.55. The molecule has 0 amide bonds. The lowest BCUT2D eigenvalue weighted by Crippen LogP contribution is -2.38.